The highest BCUT2D eigenvalue weighted by Gasteiger charge is 2.17. The number of halogens is 1. The van der Waals surface area contributed by atoms with Gasteiger partial charge in [-0.15, -0.1) is 0 Å². The SMILES string of the molecule is CCCCOc1cc(NS(C)(=O)=O)c(OCCCC)cc1NC(=O)Nc1cccc(Br)c1. The van der Waals surface area contributed by atoms with E-state index in [0.717, 1.165) is 36.4 Å². The molecule has 10 heteroatoms. The van der Waals surface area contributed by atoms with E-state index in [1.54, 1.807) is 18.2 Å². The van der Waals surface area contributed by atoms with Crippen LogP contribution in [0.2, 0.25) is 0 Å². The Bertz CT molecular complexity index is 1010. The van der Waals surface area contributed by atoms with E-state index in [1.165, 1.54) is 6.07 Å². The van der Waals surface area contributed by atoms with E-state index in [-0.39, 0.29) is 5.69 Å². The molecule has 0 spiro atoms. The Labute approximate surface area is 198 Å². The van der Waals surface area contributed by atoms with Crippen LogP contribution in [0.1, 0.15) is 39.5 Å². The summed E-state index contributed by atoms with van der Waals surface area (Å²) in [4.78, 5) is 12.6. The number of hydrogen-bond donors (Lipinski definition) is 3. The van der Waals surface area contributed by atoms with Gasteiger partial charge < -0.3 is 20.1 Å². The van der Waals surface area contributed by atoms with E-state index in [0.29, 0.717) is 36.1 Å². The molecule has 0 aromatic heterocycles. The zero-order valence-electron chi connectivity index (χ0n) is 18.5. The lowest BCUT2D eigenvalue weighted by atomic mass is 10.2. The largest absolute Gasteiger partial charge is 0.491 e. The van der Waals surface area contributed by atoms with E-state index >= 15 is 0 Å². The van der Waals surface area contributed by atoms with E-state index < -0.39 is 16.1 Å². The Morgan fingerprint density at radius 3 is 2.09 bits per heavy atom. The van der Waals surface area contributed by atoms with Crippen LogP contribution >= 0.6 is 15.9 Å². The molecule has 0 fully saturated rings. The van der Waals surface area contributed by atoms with Crippen molar-refractivity contribution in [1.82, 2.24) is 0 Å². The molecule has 0 saturated carbocycles. The number of amides is 2. The first-order chi connectivity index (χ1) is 15.2. The molecule has 3 N–H and O–H groups in total. The summed E-state index contributed by atoms with van der Waals surface area (Å²) >= 11 is 3.37. The van der Waals surface area contributed by atoms with Crippen molar-refractivity contribution in [3.05, 3.63) is 40.9 Å². The third kappa shape index (κ3) is 8.96. The third-order valence-corrected chi connectivity index (χ3v) is 5.30. The van der Waals surface area contributed by atoms with Crippen molar-refractivity contribution in [3.8, 4) is 11.5 Å². The van der Waals surface area contributed by atoms with Gasteiger partial charge in [-0.1, -0.05) is 48.7 Å². The maximum absolute atomic E-state index is 12.6. The summed E-state index contributed by atoms with van der Waals surface area (Å²) in [5.41, 5.74) is 1.24. The lowest BCUT2D eigenvalue weighted by Gasteiger charge is -2.18. The highest BCUT2D eigenvalue weighted by Crippen LogP contribution is 2.37. The van der Waals surface area contributed by atoms with Gasteiger partial charge in [0.1, 0.15) is 11.5 Å². The van der Waals surface area contributed by atoms with Gasteiger partial charge in [-0.25, -0.2) is 13.2 Å². The van der Waals surface area contributed by atoms with Crippen LogP contribution in [0.15, 0.2) is 40.9 Å². The van der Waals surface area contributed by atoms with E-state index in [9.17, 15) is 13.2 Å². The van der Waals surface area contributed by atoms with Gasteiger partial charge in [0.05, 0.1) is 30.8 Å². The van der Waals surface area contributed by atoms with Crippen molar-refractivity contribution in [1.29, 1.82) is 0 Å². The minimum atomic E-state index is -3.54. The maximum Gasteiger partial charge on any atom is 0.323 e. The quantitative estimate of drug-likeness (QED) is 0.301. The Kier molecular flexibility index (Phi) is 10.1. The summed E-state index contributed by atoms with van der Waals surface area (Å²) in [7, 11) is -3.54. The number of nitrogens with one attached hydrogen (secondary N) is 3. The molecule has 0 atom stereocenters. The smallest absolute Gasteiger partial charge is 0.323 e. The fraction of sp³-hybridized carbons (Fsp3) is 0.409. The van der Waals surface area contributed by atoms with Crippen LogP contribution in [-0.4, -0.2) is 33.9 Å². The minimum Gasteiger partial charge on any atom is -0.491 e. The molecule has 0 radical (unpaired) electrons. The zero-order chi connectivity index (χ0) is 23.6. The number of carbonyl (C=O) groups is 1. The fourth-order valence-corrected chi connectivity index (χ4v) is 3.64. The molecule has 0 unspecified atom stereocenters. The second-order valence-electron chi connectivity index (χ2n) is 7.21. The van der Waals surface area contributed by atoms with Crippen LogP contribution in [0.3, 0.4) is 0 Å². The van der Waals surface area contributed by atoms with Gasteiger partial charge in [-0.3, -0.25) is 4.72 Å². The molecule has 2 aromatic rings. The summed E-state index contributed by atoms with van der Waals surface area (Å²) in [5.74, 6) is 0.654. The van der Waals surface area contributed by atoms with Gasteiger partial charge in [0.2, 0.25) is 10.0 Å². The van der Waals surface area contributed by atoms with Gasteiger partial charge in [0.15, 0.2) is 0 Å². The number of urea groups is 1. The number of unbranched alkanes of at least 4 members (excludes halogenated alkanes) is 2. The highest BCUT2D eigenvalue weighted by molar-refractivity contribution is 9.10. The Hall–Kier alpha value is -2.46. The molecule has 2 rings (SSSR count). The molecular weight excluding hydrogens is 498 g/mol. The Morgan fingerprint density at radius 1 is 0.938 bits per heavy atom. The molecule has 8 nitrogen and oxygen atoms in total. The normalized spacial score (nSPS) is 11.0. The lowest BCUT2D eigenvalue weighted by molar-refractivity contribution is 0.261. The summed E-state index contributed by atoms with van der Waals surface area (Å²) in [6.07, 6.45) is 4.54. The third-order valence-electron chi connectivity index (χ3n) is 4.22. The van der Waals surface area contributed by atoms with Gasteiger partial charge >= 0.3 is 6.03 Å². The molecule has 0 bridgehead atoms. The molecule has 2 amide bonds. The molecule has 2 aromatic carbocycles. The van der Waals surface area contributed by atoms with Crippen LogP contribution < -0.4 is 24.8 Å². The highest BCUT2D eigenvalue weighted by atomic mass is 79.9. The maximum atomic E-state index is 12.6. The van der Waals surface area contributed by atoms with Crippen molar-refractivity contribution in [2.75, 3.05) is 34.8 Å². The molecular formula is C22H30BrN3O5S. The predicted octanol–water partition coefficient (Wildman–Crippen LogP) is 5.82. The molecule has 32 heavy (non-hydrogen) atoms. The summed E-state index contributed by atoms with van der Waals surface area (Å²) in [5, 5.41) is 5.54. The van der Waals surface area contributed by atoms with Gasteiger partial charge in [0, 0.05) is 22.3 Å². The standard InChI is InChI=1S/C22H30BrN3O5S/c1-4-6-11-30-20-15-19(26-32(3,28)29)21(31-12-7-5-2)14-18(20)25-22(27)24-17-10-8-9-16(23)13-17/h8-10,13-15,26H,4-7,11-12H2,1-3H3,(H2,24,25,27). The van der Waals surface area contributed by atoms with Gasteiger partial charge in [-0.05, 0) is 31.0 Å². The number of ether oxygens (including phenoxy) is 2. The number of hydrogen-bond acceptors (Lipinski definition) is 5. The first kappa shape index (κ1) is 25.8. The van der Waals surface area contributed by atoms with Crippen LogP contribution in [0.5, 0.6) is 11.5 Å². The lowest BCUT2D eigenvalue weighted by Crippen LogP contribution is -2.20. The second-order valence-corrected chi connectivity index (χ2v) is 9.88. The van der Waals surface area contributed by atoms with Crippen LogP contribution in [-0.2, 0) is 10.0 Å². The van der Waals surface area contributed by atoms with Gasteiger partial charge in [0.25, 0.3) is 0 Å². The molecule has 0 saturated heterocycles. The van der Waals surface area contributed by atoms with E-state index in [4.69, 9.17) is 9.47 Å². The van der Waals surface area contributed by atoms with E-state index in [2.05, 4.69) is 31.3 Å². The topological polar surface area (TPSA) is 106 Å². The number of rotatable bonds is 12. The number of anilines is 3. The Balaban J connectivity index is 2.34. The Morgan fingerprint density at radius 2 is 1.53 bits per heavy atom. The molecule has 0 aliphatic heterocycles. The van der Waals surface area contributed by atoms with Gasteiger partial charge in [-0.2, -0.15) is 0 Å². The van der Waals surface area contributed by atoms with E-state index in [1.807, 2.05) is 26.0 Å². The first-order valence-electron chi connectivity index (χ1n) is 10.5. The fourth-order valence-electron chi connectivity index (χ4n) is 2.68. The van der Waals surface area contributed by atoms with Crippen molar-refractivity contribution >= 4 is 49.0 Å². The number of sulfonamides is 1. The first-order valence-corrected chi connectivity index (χ1v) is 13.1. The van der Waals surface area contributed by atoms with Crippen LogP contribution in [0.4, 0.5) is 21.9 Å². The summed E-state index contributed by atoms with van der Waals surface area (Å²) < 4.78 is 38.7. The molecule has 0 aliphatic rings. The zero-order valence-corrected chi connectivity index (χ0v) is 20.9. The summed E-state index contributed by atoms with van der Waals surface area (Å²) in [6, 6.07) is 9.85. The van der Waals surface area contributed by atoms with Crippen molar-refractivity contribution < 1.29 is 22.7 Å². The molecule has 176 valence electrons. The summed E-state index contributed by atoms with van der Waals surface area (Å²) in [6.45, 7) is 4.90. The minimum absolute atomic E-state index is 0.257. The van der Waals surface area contributed by atoms with Crippen molar-refractivity contribution in [3.63, 3.8) is 0 Å². The van der Waals surface area contributed by atoms with Crippen molar-refractivity contribution in [2.45, 2.75) is 39.5 Å². The molecule has 0 aliphatic carbocycles. The van der Waals surface area contributed by atoms with Crippen LogP contribution in [0.25, 0.3) is 0 Å². The number of benzene rings is 2. The average Bonchev–Trinajstić information content (AvgIpc) is 2.69. The second kappa shape index (κ2) is 12.5. The van der Waals surface area contributed by atoms with Crippen LogP contribution in [0, 0.1) is 0 Å². The van der Waals surface area contributed by atoms with Crippen molar-refractivity contribution in [2.24, 2.45) is 0 Å². The average molecular weight is 528 g/mol. The number of carbonyl (C=O) groups excluding carboxylic acids is 1. The molecule has 0 heterocycles. The monoisotopic (exact) mass is 527 g/mol. The predicted molar refractivity (Wildman–Crippen MR) is 132 cm³/mol.